The highest BCUT2D eigenvalue weighted by atomic mass is 15.6. The summed E-state index contributed by atoms with van der Waals surface area (Å²) in [5, 5.41) is 8.33. The molecule has 0 aromatic heterocycles. The molecule has 3 rings (SSSR count). The van der Waals surface area contributed by atoms with Crippen LogP contribution in [0.5, 0.6) is 0 Å². The van der Waals surface area contributed by atoms with Gasteiger partial charge in [-0.2, -0.15) is 0 Å². The molecule has 0 saturated carbocycles. The molecule has 0 radical (unpaired) electrons. The van der Waals surface area contributed by atoms with Gasteiger partial charge in [0.25, 0.3) is 0 Å². The summed E-state index contributed by atoms with van der Waals surface area (Å²) < 4.78 is 0. The predicted molar refractivity (Wildman–Crippen MR) is 81.2 cm³/mol. The monoisotopic (exact) mass is 255 g/mol. The maximum absolute atomic E-state index is 3.56. The van der Waals surface area contributed by atoms with E-state index < -0.39 is 0 Å². The summed E-state index contributed by atoms with van der Waals surface area (Å²) in [6.07, 6.45) is 0. The molecule has 2 aromatic carbocycles. The lowest BCUT2D eigenvalue weighted by Gasteiger charge is -2.43. The maximum atomic E-state index is 3.56. The second-order valence-corrected chi connectivity index (χ2v) is 5.81. The van der Waals surface area contributed by atoms with E-state index in [0.717, 1.165) is 25.3 Å². The van der Waals surface area contributed by atoms with Crippen LogP contribution in [0.25, 0.3) is 10.8 Å². The molecule has 1 aliphatic rings. The number of hydrazine groups is 1. The number of hydrogen-bond donors (Lipinski definition) is 2. The Kier molecular flexibility index (Phi) is 3.17. The zero-order valence-corrected chi connectivity index (χ0v) is 11.6. The zero-order valence-electron chi connectivity index (χ0n) is 11.6. The molecule has 2 N–H and O–H groups in total. The predicted octanol–water partition coefficient (Wildman–Crippen LogP) is 2.85. The number of hydrogen-bond acceptors (Lipinski definition) is 3. The van der Waals surface area contributed by atoms with Crippen molar-refractivity contribution in [3.63, 3.8) is 0 Å². The Hall–Kier alpha value is -1.58. The summed E-state index contributed by atoms with van der Waals surface area (Å²) >= 11 is 0. The van der Waals surface area contributed by atoms with Gasteiger partial charge in [-0.25, -0.2) is 5.01 Å². The van der Waals surface area contributed by atoms with Crippen molar-refractivity contribution >= 4 is 16.5 Å². The molecule has 2 aromatic rings. The molecule has 0 amide bonds. The minimum absolute atomic E-state index is 0.129. The Balaban J connectivity index is 1.84. The molecular formula is C16H21N3. The van der Waals surface area contributed by atoms with Crippen LogP contribution in [0, 0.1) is 0 Å². The number of anilines is 1. The number of fused-ring (bicyclic) bond motifs is 1. The Bertz CT molecular complexity index is 577. The first-order chi connectivity index (χ1) is 9.15. The Morgan fingerprint density at radius 1 is 1.11 bits per heavy atom. The average Bonchev–Trinajstić information content (AvgIpc) is 2.41. The fourth-order valence-electron chi connectivity index (χ4n) is 2.61. The van der Waals surface area contributed by atoms with Crippen molar-refractivity contribution < 1.29 is 0 Å². The molecule has 1 saturated heterocycles. The van der Waals surface area contributed by atoms with Crippen LogP contribution in [0.2, 0.25) is 0 Å². The van der Waals surface area contributed by atoms with Gasteiger partial charge >= 0.3 is 0 Å². The molecule has 3 heteroatoms. The van der Waals surface area contributed by atoms with Gasteiger partial charge in [0.2, 0.25) is 0 Å². The van der Waals surface area contributed by atoms with E-state index in [-0.39, 0.29) is 5.54 Å². The Labute approximate surface area is 114 Å². The van der Waals surface area contributed by atoms with Crippen molar-refractivity contribution in [2.75, 3.05) is 25.1 Å². The van der Waals surface area contributed by atoms with Crippen LogP contribution in [-0.2, 0) is 0 Å². The second kappa shape index (κ2) is 4.83. The second-order valence-electron chi connectivity index (χ2n) is 5.81. The van der Waals surface area contributed by atoms with Crippen LogP contribution >= 0.6 is 0 Å². The molecule has 0 atom stereocenters. The van der Waals surface area contributed by atoms with Gasteiger partial charge in [0.1, 0.15) is 0 Å². The van der Waals surface area contributed by atoms with Crippen LogP contribution in [-0.4, -0.2) is 30.2 Å². The van der Waals surface area contributed by atoms with E-state index >= 15 is 0 Å². The van der Waals surface area contributed by atoms with E-state index in [4.69, 9.17) is 0 Å². The maximum Gasteiger partial charge on any atom is 0.0496 e. The van der Waals surface area contributed by atoms with Crippen LogP contribution in [0.4, 0.5) is 5.69 Å². The molecule has 0 bridgehead atoms. The van der Waals surface area contributed by atoms with E-state index in [1.807, 2.05) is 0 Å². The van der Waals surface area contributed by atoms with Crippen molar-refractivity contribution in [2.24, 2.45) is 0 Å². The van der Waals surface area contributed by atoms with Gasteiger partial charge in [0.05, 0.1) is 0 Å². The molecule has 0 aliphatic carbocycles. The topological polar surface area (TPSA) is 27.3 Å². The summed E-state index contributed by atoms with van der Waals surface area (Å²) in [5.74, 6) is 0. The average molecular weight is 255 g/mol. The van der Waals surface area contributed by atoms with Crippen molar-refractivity contribution in [3.05, 3.63) is 42.5 Å². The van der Waals surface area contributed by atoms with Crippen LogP contribution in [0.15, 0.2) is 42.5 Å². The molecule has 19 heavy (non-hydrogen) atoms. The first-order valence-corrected chi connectivity index (χ1v) is 6.89. The van der Waals surface area contributed by atoms with Crippen molar-refractivity contribution in [3.8, 4) is 0 Å². The van der Waals surface area contributed by atoms with Gasteiger partial charge in [0, 0.05) is 30.9 Å². The first kappa shape index (κ1) is 12.5. The third-order valence-electron chi connectivity index (χ3n) is 3.81. The van der Waals surface area contributed by atoms with E-state index in [9.17, 15) is 0 Å². The third kappa shape index (κ3) is 2.57. The first-order valence-electron chi connectivity index (χ1n) is 6.89. The van der Waals surface area contributed by atoms with Crippen molar-refractivity contribution in [1.29, 1.82) is 0 Å². The number of rotatable bonds is 2. The lowest BCUT2D eigenvalue weighted by Crippen LogP contribution is -2.59. The highest BCUT2D eigenvalue weighted by Crippen LogP contribution is 2.22. The van der Waals surface area contributed by atoms with Crippen LogP contribution < -0.4 is 10.7 Å². The summed E-state index contributed by atoms with van der Waals surface area (Å²) in [5.41, 5.74) is 4.85. The standard InChI is InChI=1S/C16H21N3/c1-16(2)12-17-9-10-19(16)18-15-8-7-13-5-3-4-6-14(13)11-15/h3-8,11,17-18H,9-10,12H2,1-2H3. The molecule has 3 nitrogen and oxygen atoms in total. The smallest absolute Gasteiger partial charge is 0.0496 e. The zero-order chi connectivity index (χ0) is 13.3. The molecule has 0 unspecified atom stereocenters. The fourth-order valence-corrected chi connectivity index (χ4v) is 2.61. The largest absolute Gasteiger partial charge is 0.318 e. The molecule has 1 heterocycles. The summed E-state index contributed by atoms with van der Waals surface area (Å²) in [7, 11) is 0. The van der Waals surface area contributed by atoms with Gasteiger partial charge < -0.3 is 10.7 Å². The van der Waals surface area contributed by atoms with E-state index in [1.54, 1.807) is 0 Å². The number of piperazine rings is 1. The lowest BCUT2D eigenvalue weighted by atomic mass is 10.0. The SMILES string of the molecule is CC1(C)CNCCN1Nc1ccc2ccccc2c1. The summed E-state index contributed by atoms with van der Waals surface area (Å²) in [6, 6.07) is 15.0. The fraction of sp³-hybridized carbons (Fsp3) is 0.375. The van der Waals surface area contributed by atoms with Gasteiger partial charge in [-0.15, -0.1) is 0 Å². The minimum atomic E-state index is 0.129. The Morgan fingerprint density at radius 3 is 2.68 bits per heavy atom. The third-order valence-corrected chi connectivity index (χ3v) is 3.81. The van der Waals surface area contributed by atoms with E-state index in [2.05, 4.69) is 72.1 Å². The molecule has 1 aliphatic heterocycles. The van der Waals surface area contributed by atoms with E-state index in [1.165, 1.54) is 10.8 Å². The number of nitrogens with zero attached hydrogens (tertiary/aromatic N) is 1. The van der Waals surface area contributed by atoms with Gasteiger partial charge in [-0.3, -0.25) is 0 Å². The highest BCUT2D eigenvalue weighted by Gasteiger charge is 2.29. The molecule has 1 fully saturated rings. The van der Waals surface area contributed by atoms with E-state index in [0.29, 0.717) is 0 Å². The Morgan fingerprint density at radius 2 is 1.89 bits per heavy atom. The number of benzene rings is 2. The normalized spacial score (nSPS) is 19.5. The van der Waals surface area contributed by atoms with Crippen LogP contribution in [0.3, 0.4) is 0 Å². The molecule has 100 valence electrons. The summed E-state index contributed by atoms with van der Waals surface area (Å²) in [4.78, 5) is 0. The van der Waals surface area contributed by atoms with Gasteiger partial charge in [0.15, 0.2) is 0 Å². The molecular weight excluding hydrogens is 234 g/mol. The molecule has 0 spiro atoms. The lowest BCUT2D eigenvalue weighted by molar-refractivity contribution is 0.121. The quantitative estimate of drug-likeness (QED) is 0.864. The van der Waals surface area contributed by atoms with Crippen molar-refractivity contribution in [1.82, 2.24) is 10.3 Å². The number of nitrogens with one attached hydrogen (secondary N) is 2. The van der Waals surface area contributed by atoms with Crippen molar-refractivity contribution in [2.45, 2.75) is 19.4 Å². The summed E-state index contributed by atoms with van der Waals surface area (Å²) in [6.45, 7) is 7.57. The highest BCUT2D eigenvalue weighted by molar-refractivity contribution is 5.85. The van der Waals surface area contributed by atoms with Gasteiger partial charge in [-0.05, 0) is 36.8 Å². The minimum Gasteiger partial charge on any atom is -0.318 e. The van der Waals surface area contributed by atoms with Crippen LogP contribution in [0.1, 0.15) is 13.8 Å². The van der Waals surface area contributed by atoms with Gasteiger partial charge in [-0.1, -0.05) is 30.3 Å².